The number of aromatic hydroxyl groups is 2. The van der Waals surface area contributed by atoms with Crippen molar-refractivity contribution in [2.45, 2.75) is 27.2 Å². The number of phenolic OH excluding ortho intramolecular Hbond substituents is 2. The maximum Gasteiger partial charge on any atom is 0.308 e. The van der Waals surface area contributed by atoms with Crippen LogP contribution in [-0.4, -0.2) is 27.9 Å². The molecule has 126 valence electrons. The number of ketones is 1. The fourth-order valence-corrected chi connectivity index (χ4v) is 2.35. The maximum absolute atomic E-state index is 12.0. The van der Waals surface area contributed by atoms with Gasteiger partial charge in [0.15, 0.2) is 5.78 Å². The molecule has 7 heteroatoms. The van der Waals surface area contributed by atoms with Crippen molar-refractivity contribution in [1.29, 1.82) is 0 Å². The highest BCUT2D eigenvalue weighted by atomic mass is 16.5. The number of benzene rings is 2. The fourth-order valence-electron chi connectivity index (χ4n) is 2.35. The molecule has 2 aromatic rings. The molecular formula is C17H16O7. The van der Waals surface area contributed by atoms with Crippen LogP contribution in [0.15, 0.2) is 18.2 Å². The Balaban J connectivity index is 2.89. The van der Waals surface area contributed by atoms with Crippen LogP contribution in [-0.2, 0) is 9.59 Å². The van der Waals surface area contributed by atoms with Crippen molar-refractivity contribution < 1.29 is 34.1 Å². The fraction of sp³-hybridized carbons (Fsp3) is 0.235. The van der Waals surface area contributed by atoms with Crippen LogP contribution < -0.4 is 9.47 Å². The lowest BCUT2D eigenvalue weighted by Gasteiger charge is -2.15. The van der Waals surface area contributed by atoms with Crippen molar-refractivity contribution in [3.63, 3.8) is 0 Å². The number of phenols is 2. The number of hydrogen-bond donors (Lipinski definition) is 2. The van der Waals surface area contributed by atoms with Crippen LogP contribution in [0.2, 0.25) is 0 Å². The van der Waals surface area contributed by atoms with Crippen LogP contribution in [0.1, 0.15) is 37.6 Å². The highest BCUT2D eigenvalue weighted by molar-refractivity contribution is 6.10. The minimum atomic E-state index is -0.650. The summed E-state index contributed by atoms with van der Waals surface area (Å²) in [5, 5.41) is 20.6. The Hall–Kier alpha value is -3.09. The first-order chi connectivity index (χ1) is 11.3. The Morgan fingerprint density at radius 1 is 0.958 bits per heavy atom. The van der Waals surface area contributed by atoms with E-state index in [1.54, 1.807) is 6.92 Å². The van der Waals surface area contributed by atoms with E-state index in [1.165, 1.54) is 26.0 Å². The summed E-state index contributed by atoms with van der Waals surface area (Å²) in [6.07, 6.45) is 0.102. The predicted molar refractivity (Wildman–Crippen MR) is 84.5 cm³/mol. The smallest absolute Gasteiger partial charge is 0.308 e. The van der Waals surface area contributed by atoms with Gasteiger partial charge in [0.1, 0.15) is 23.0 Å². The topological polar surface area (TPSA) is 110 Å². The summed E-state index contributed by atoms with van der Waals surface area (Å²) in [4.78, 5) is 34.5. The van der Waals surface area contributed by atoms with E-state index in [0.717, 1.165) is 6.07 Å². The zero-order valence-corrected chi connectivity index (χ0v) is 13.4. The number of carbonyl (C=O) groups excluding carboxylic acids is 3. The maximum atomic E-state index is 12.0. The lowest BCUT2D eigenvalue weighted by Crippen LogP contribution is -2.06. The van der Waals surface area contributed by atoms with Crippen molar-refractivity contribution in [3.05, 3.63) is 23.8 Å². The summed E-state index contributed by atoms with van der Waals surface area (Å²) in [5.74, 6) is -2.63. The first kappa shape index (κ1) is 17.3. The lowest BCUT2D eigenvalue weighted by atomic mass is 9.99. The summed E-state index contributed by atoms with van der Waals surface area (Å²) in [7, 11) is 0. The van der Waals surface area contributed by atoms with E-state index in [0.29, 0.717) is 0 Å². The molecule has 2 N–H and O–H groups in total. The highest BCUT2D eigenvalue weighted by Gasteiger charge is 2.23. The quantitative estimate of drug-likeness (QED) is 0.383. The van der Waals surface area contributed by atoms with Crippen LogP contribution in [0.25, 0.3) is 10.8 Å². The predicted octanol–water partition coefficient (Wildman–Crippen LogP) is 2.69. The molecule has 0 aliphatic carbocycles. The molecule has 0 aromatic heterocycles. The number of carbonyl (C=O) groups is 3. The first-order valence-electron chi connectivity index (χ1n) is 7.17. The van der Waals surface area contributed by atoms with Crippen LogP contribution >= 0.6 is 0 Å². The van der Waals surface area contributed by atoms with E-state index >= 15 is 0 Å². The molecule has 2 aromatic carbocycles. The molecular weight excluding hydrogens is 316 g/mol. The molecule has 0 heterocycles. The Morgan fingerprint density at radius 2 is 1.46 bits per heavy atom. The van der Waals surface area contributed by atoms with Gasteiger partial charge in [0.25, 0.3) is 0 Å². The van der Waals surface area contributed by atoms with Crippen molar-refractivity contribution in [3.8, 4) is 23.0 Å². The van der Waals surface area contributed by atoms with Crippen molar-refractivity contribution >= 4 is 28.5 Å². The van der Waals surface area contributed by atoms with E-state index in [9.17, 15) is 24.6 Å². The van der Waals surface area contributed by atoms with E-state index < -0.39 is 23.5 Å². The largest absolute Gasteiger partial charge is 0.507 e. The number of rotatable bonds is 4. The lowest BCUT2D eigenvalue weighted by molar-refractivity contribution is -0.132. The van der Waals surface area contributed by atoms with E-state index in [1.807, 2.05) is 0 Å². The number of ether oxygens (including phenoxy) is 2. The van der Waals surface area contributed by atoms with Gasteiger partial charge in [-0.1, -0.05) is 6.92 Å². The zero-order valence-electron chi connectivity index (χ0n) is 13.4. The number of hydrogen-bond acceptors (Lipinski definition) is 7. The third kappa shape index (κ3) is 3.15. The highest BCUT2D eigenvalue weighted by Crippen LogP contribution is 2.45. The SMILES string of the molecule is CCC(=O)c1cc(O)c2c(OC(C)=O)ccc(OC(C)=O)c2c1O. The molecule has 0 spiro atoms. The molecule has 0 bridgehead atoms. The molecule has 0 atom stereocenters. The number of Topliss-reactive ketones (excluding diaryl/α,β-unsaturated/α-hetero) is 1. The average molecular weight is 332 g/mol. The molecule has 0 unspecified atom stereocenters. The van der Waals surface area contributed by atoms with Crippen LogP contribution in [0, 0.1) is 0 Å². The summed E-state index contributed by atoms with van der Waals surface area (Å²) >= 11 is 0. The monoisotopic (exact) mass is 332 g/mol. The molecule has 0 amide bonds. The standard InChI is InChI=1S/C17H16O7/c1-4-11(20)10-7-12(21)15-13(23-8(2)18)5-6-14(24-9(3)19)16(15)17(10)22/h5-7,21-22H,4H2,1-3H3. The Bertz CT molecular complexity index is 852. The average Bonchev–Trinajstić information content (AvgIpc) is 2.50. The van der Waals surface area contributed by atoms with E-state index in [2.05, 4.69) is 0 Å². The van der Waals surface area contributed by atoms with Crippen LogP contribution in [0.5, 0.6) is 23.0 Å². The van der Waals surface area contributed by atoms with Gasteiger partial charge in [-0.05, 0) is 18.2 Å². The van der Waals surface area contributed by atoms with Gasteiger partial charge in [-0.2, -0.15) is 0 Å². The summed E-state index contributed by atoms with van der Waals surface area (Å²) in [6.45, 7) is 3.95. The summed E-state index contributed by atoms with van der Waals surface area (Å²) in [5.41, 5.74) is -0.115. The Morgan fingerprint density at radius 3 is 1.92 bits per heavy atom. The molecule has 0 aliphatic rings. The van der Waals surface area contributed by atoms with Gasteiger partial charge >= 0.3 is 11.9 Å². The minimum Gasteiger partial charge on any atom is -0.507 e. The third-order valence-electron chi connectivity index (χ3n) is 3.29. The molecule has 0 saturated carbocycles. The second-order valence-electron chi connectivity index (χ2n) is 5.07. The van der Waals surface area contributed by atoms with Gasteiger partial charge in [-0.3, -0.25) is 14.4 Å². The number of fused-ring (bicyclic) bond motifs is 1. The van der Waals surface area contributed by atoms with Crippen molar-refractivity contribution in [2.24, 2.45) is 0 Å². The minimum absolute atomic E-state index is 0.0308. The normalized spacial score (nSPS) is 10.5. The molecule has 0 radical (unpaired) electrons. The molecule has 7 nitrogen and oxygen atoms in total. The Kier molecular flexibility index (Phi) is 4.73. The molecule has 24 heavy (non-hydrogen) atoms. The second kappa shape index (κ2) is 6.57. The first-order valence-corrected chi connectivity index (χ1v) is 7.17. The number of esters is 2. The van der Waals surface area contributed by atoms with Crippen LogP contribution in [0.3, 0.4) is 0 Å². The van der Waals surface area contributed by atoms with Gasteiger partial charge in [-0.15, -0.1) is 0 Å². The van der Waals surface area contributed by atoms with Crippen molar-refractivity contribution in [1.82, 2.24) is 0 Å². The van der Waals surface area contributed by atoms with E-state index in [4.69, 9.17) is 9.47 Å². The summed E-state index contributed by atoms with van der Waals surface area (Å²) < 4.78 is 10.0. The van der Waals surface area contributed by atoms with Gasteiger partial charge in [0.05, 0.1) is 16.3 Å². The molecule has 0 saturated heterocycles. The van der Waals surface area contributed by atoms with Gasteiger partial charge in [-0.25, -0.2) is 0 Å². The molecule has 0 fully saturated rings. The van der Waals surface area contributed by atoms with Crippen LogP contribution in [0.4, 0.5) is 0 Å². The van der Waals surface area contributed by atoms with Gasteiger partial charge in [0.2, 0.25) is 0 Å². The molecule has 0 aliphatic heterocycles. The van der Waals surface area contributed by atoms with E-state index in [-0.39, 0.29) is 40.0 Å². The third-order valence-corrected chi connectivity index (χ3v) is 3.29. The van der Waals surface area contributed by atoms with Gasteiger partial charge in [0, 0.05) is 20.3 Å². The van der Waals surface area contributed by atoms with Gasteiger partial charge < -0.3 is 19.7 Å². The summed E-state index contributed by atoms with van der Waals surface area (Å²) in [6, 6.07) is 3.72. The Labute approximate surface area is 137 Å². The molecule has 2 rings (SSSR count). The second-order valence-corrected chi connectivity index (χ2v) is 5.07. The zero-order chi connectivity index (χ0) is 18.0. The van der Waals surface area contributed by atoms with Crippen molar-refractivity contribution in [2.75, 3.05) is 0 Å².